The average molecular weight is 327 g/mol. The van der Waals surface area contributed by atoms with Gasteiger partial charge in [0.15, 0.2) is 11.6 Å². The lowest BCUT2D eigenvalue weighted by Gasteiger charge is -2.09. The lowest BCUT2D eigenvalue weighted by molar-refractivity contribution is 0.509. The second-order valence-corrected chi connectivity index (χ2v) is 5.39. The number of benzene rings is 2. The first-order chi connectivity index (χ1) is 11.5. The van der Waals surface area contributed by atoms with Crippen LogP contribution < -0.4 is 10.9 Å². The standard InChI is InChI=1S/C18H15F2N3O/c1-11-14(9-12-5-3-2-4-6-12)17(24)23-18(21-11)22-13-7-8-15(19)16(20)10-13/h2-8,10H,9H2,1H3,(H2,21,22,23,24). The summed E-state index contributed by atoms with van der Waals surface area (Å²) in [4.78, 5) is 19.2. The summed E-state index contributed by atoms with van der Waals surface area (Å²) < 4.78 is 26.2. The highest BCUT2D eigenvalue weighted by Gasteiger charge is 2.10. The van der Waals surface area contributed by atoms with Crippen LogP contribution in [0.4, 0.5) is 20.4 Å². The van der Waals surface area contributed by atoms with Crippen LogP contribution in [0.1, 0.15) is 16.8 Å². The Morgan fingerprint density at radius 2 is 1.83 bits per heavy atom. The number of aryl methyl sites for hydroxylation is 1. The largest absolute Gasteiger partial charge is 0.326 e. The van der Waals surface area contributed by atoms with E-state index >= 15 is 0 Å². The van der Waals surface area contributed by atoms with Gasteiger partial charge in [-0.25, -0.2) is 13.8 Å². The fraction of sp³-hybridized carbons (Fsp3) is 0.111. The van der Waals surface area contributed by atoms with Crippen LogP contribution in [0.3, 0.4) is 0 Å². The van der Waals surface area contributed by atoms with Gasteiger partial charge in [-0.15, -0.1) is 0 Å². The van der Waals surface area contributed by atoms with Crippen molar-refractivity contribution in [3.05, 3.63) is 87.3 Å². The van der Waals surface area contributed by atoms with Gasteiger partial charge in [0.1, 0.15) is 0 Å². The van der Waals surface area contributed by atoms with Crippen LogP contribution >= 0.6 is 0 Å². The molecule has 3 aromatic rings. The minimum atomic E-state index is -0.972. The molecule has 4 nitrogen and oxygen atoms in total. The monoisotopic (exact) mass is 327 g/mol. The summed E-state index contributed by atoms with van der Waals surface area (Å²) in [5.74, 6) is -1.73. The predicted molar refractivity (Wildman–Crippen MR) is 88.5 cm³/mol. The van der Waals surface area contributed by atoms with E-state index in [1.165, 1.54) is 6.07 Å². The van der Waals surface area contributed by atoms with Gasteiger partial charge in [0.2, 0.25) is 5.95 Å². The molecule has 0 radical (unpaired) electrons. The normalized spacial score (nSPS) is 10.6. The van der Waals surface area contributed by atoms with Crippen molar-refractivity contribution in [3.8, 4) is 0 Å². The fourth-order valence-corrected chi connectivity index (χ4v) is 2.39. The maximum atomic E-state index is 13.2. The highest BCUT2D eigenvalue weighted by Crippen LogP contribution is 2.17. The molecule has 3 rings (SSSR count). The molecule has 0 amide bonds. The van der Waals surface area contributed by atoms with Crippen LogP contribution in [0.5, 0.6) is 0 Å². The first-order valence-electron chi connectivity index (χ1n) is 7.39. The van der Waals surface area contributed by atoms with Gasteiger partial charge in [-0.3, -0.25) is 9.78 Å². The zero-order valence-electron chi connectivity index (χ0n) is 12.9. The number of nitrogens with zero attached hydrogens (tertiary/aromatic N) is 1. The lowest BCUT2D eigenvalue weighted by atomic mass is 10.1. The molecule has 0 unspecified atom stereocenters. The molecule has 6 heteroatoms. The first kappa shape index (κ1) is 15.9. The van der Waals surface area contributed by atoms with E-state index in [0.29, 0.717) is 23.4 Å². The minimum absolute atomic E-state index is 0.181. The number of aromatic nitrogens is 2. The van der Waals surface area contributed by atoms with Crippen molar-refractivity contribution in [2.75, 3.05) is 5.32 Å². The smallest absolute Gasteiger partial charge is 0.256 e. The molecule has 0 atom stereocenters. The molecule has 0 saturated carbocycles. The molecule has 1 heterocycles. The Morgan fingerprint density at radius 3 is 2.50 bits per heavy atom. The van der Waals surface area contributed by atoms with Crippen molar-refractivity contribution in [2.45, 2.75) is 13.3 Å². The van der Waals surface area contributed by atoms with Gasteiger partial charge in [0.25, 0.3) is 5.56 Å². The summed E-state index contributed by atoms with van der Waals surface area (Å²) in [5, 5.41) is 2.77. The van der Waals surface area contributed by atoms with Gasteiger partial charge in [-0.05, 0) is 24.6 Å². The van der Waals surface area contributed by atoms with Crippen LogP contribution in [0.2, 0.25) is 0 Å². The number of anilines is 2. The molecule has 24 heavy (non-hydrogen) atoms. The van der Waals surface area contributed by atoms with Crippen molar-refractivity contribution >= 4 is 11.6 Å². The molecule has 0 fully saturated rings. The Labute approximate surface area is 137 Å². The first-order valence-corrected chi connectivity index (χ1v) is 7.39. The summed E-state index contributed by atoms with van der Waals surface area (Å²) in [5.41, 5.74) is 2.18. The number of hydrogen-bond donors (Lipinski definition) is 2. The van der Waals surface area contributed by atoms with Gasteiger partial charge in [-0.2, -0.15) is 0 Å². The topological polar surface area (TPSA) is 57.8 Å². The number of nitrogens with one attached hydrogen (secondary N) is 2. The third-order valence-corrected chi connectivity index (χ3v) is 3.63. The highest BCUT2D eigenvalue weighted by molar-refractivity contribution is 5.53. The van der Waals surface area contributed by atoms with Gasteiger partial charge < -0.3 is 5.32 Å². The molecule has 0 saturated heterocycles. The van der Waals surface area contributed by atoms with Crippen molar-refractivity contribution in [3.63, 3.8) is 0 Å². The van der Waals surface area contributed by atoms with Crippen molar-refractivity contribution in [1.29, 1.82) is 0 Å². The van der Waals surface area contributed by atoms with E-state index in [1.54, 1.807) is 6.92 Å². The Kier molecular flexibility index (Phi) is 4.37. The van der Waals surface area contributed by atoms with E-state index in [0.717, 1.165) is 17.7 Å². The van der Waals surface area contributed by atoms with Crippen LogP contribution in [0, 0.1) is 18.6 Å². The maximum Gasteiger partial charge on any atom is 0.256 e. The fourth-order valence-electron chi connectivity index (χ4n) is 2.39. The maximum absolute atomic E-state index is 13.2. The molecule has 0 bridgehead atoms. The SMILES string of the molecule is Cc1nc(Nc2ccc(F)c(F)c2)[nH]c(=O)c1Cc1ccccc1. The Balaban J connectivity index is 1.86. The van der Waals surface area contributed by atoms with Crippen molar-refractivity contribution < 1.29 is 8.78 Å². The number of H-pyrrole nitrogens is 1. The summed E-state index contributed by atoms with van der Waals surface area (Å²) in [7, 11) is 0. The summed E-state index contributed by atoms with van der Waals surface area (Å²) in [6, 6.07) is 13.0. The zero-order chi connectivity index (χ0) is 17.1. The Hall–Kier alpha value is -3.02. The van der Waals surface area contributed by atoms with Gasteiger partial charge in [0.05, 0.1) is 5.69 Å². The molecule has 0 aliphatic heterocycles. The van der Waals surface area contributed by atoms with Crippen LogP contribution in [0.25, 0.3) is 0 Å². The van der Waals surface area contributed by atoms with Crippen LogP contribution in [0.15, 0.2) is 53.3 Å². The molecule has 2 N–H and O–H groups in total. The second kappa shape index (κ2) is 6.62. The van der Waals surface area contributed by atoms with E-state index in [1.807, 2.05) is 30.3 Å². The summed E-state index contributed by atoms with van der Waals surface area (Å²) >= 11 is 0. The molecule has 0 spiro atoms. The second-order valence-electron chi connectivity index (χ2n) is 5.39. The number of rotatable bonds is 4. The van der Waals surface area contributed by atoms with E-state index in [9.17, 15) is 13.6 Å². The van der Waals surface area contributed by atoms with Crippen molar-refractivity contribution in [1.82, 2.24) is 9.97 Å². The zero-order valence-corrected chi connectivity index (χ0v) is 12.9. The molecule has 0 aliphatic rings. The van der Waals surface area contributed by atoms with E-state index in [-0.39, 0.29) is 11.5 Å². The number of aromatic amines is 1. The molecule has 1 aromatic heterocycles. The number of halogens is 2. The summed E-state index contributed by atoms with van der Waals surface area (Å²) in [6.45, 7) is 1.74. The van der Waals surface area contributed by atoms with Crippen LogP contribution in [-0.4, -0.2) is 9.97 Å². The average Bonchev–Trinajstić information content (AvgIpc) is 2.55. The van der Waals surface area contributed by atoms with E-state index in [4.69, 9.17) is 0 Å². The number of hydrogen-bond acceptors (Lipinski definition) is 3. The third-order valence-electron chi connectivity index (χ3n) is 3.63. The van der Waals surface area contributed by atoms with E-state index < -0.39 is 11.6 Å². The third kappa shape index (κ3) is 3.48. The molecule has 0 aliphatic carbocycles. The predicted octanol–water partition coefficient (Wildman–Crippen LogP) is 3.69. The van der Waals surface area contributed by atoms with E-state index in [2.05, 4.69) is 15.3 Å². The van der Waals surface area contributed by atoms with Gasteiger partial charge in [-0.1, -0.05) is 30.3 Å². The molecule has 122 valence electrons. The highest BCUT2D eigenvalue weighted by atomic mass is 19.2. The quantitative estimate of drug-likeness (QED) is 0.768. The van der Waals surface area contributed by atoms with Gasteiger partial charge in [0, 0.05) is 23.7 Å². The Bertz CT molecular complexity index is 923. The van der Waals surface area contributed by atoms with Crippen molar-refractivity contribution in [2.24, 2.45) is 0 Å². The minimum Gasteiger partial charge on any atom is -0.326 e. The molecular weight excluding hydrogens is 312 g/mol. The Morgan fingerprint density at radius 1 is 1.08 bits per heavy atom. The van der Waals surface area contributed by atoms with Gasteiger partial charge >= 0.3 is 0 Å². The van der Waals surface area contributed by atoms with Crippen LogP contribution in [-0.2, 0) is 6.42 Å². The molecule has 2 aromatic carbocycles. The lowest BCUT2D eigenvalue weighted by Crippen LogP contribution is -2.18. The summed E-state index contributed by atoms with van der Waals surface area (Å²) in [6.07, 6.45) is 0.473. The molecular formula is C18H15F2N3O.